The van der Waals surface area contributed by atoms with Crippen LogP contribution in [0.2, 0.25) is 0 Å². The number of nitrogens with one attached hydrogen (secondary N) is 1. The summed E-state index contributed by atoms with van der Waals surface area (Å²) < 4.78 is 5.36. The van der Waals surface area contributed by atoms with Gasteiger partial charge in [-0.3, -0.25) is 0 Å². The zero-order chi connectivity index (χ0) is 19.3. The molecule has 1 aromatic heterocycles. The van der Waals surface area contributed by atoms with E-state index in [1.807, 2.05) is 19.1 Å². The maximum Gasteiger partial charge on any atom is 0.339 e. The fraction of sp³-hybridized carbons (Fsp3) is 0.238. The topological polar surface area (TPSA) is 95.1 Å². The van der Waals surface area contributed by atoms with Gasteiger partial charge >= 0.3 is 5.63 Å². The molecular weight excluding hydrogens is 344 g/mol. The van der Waals surface area contributed by atoms with Gasteiger partial charge in [0.2, 0.25) is 0 Å². The number of benzene rings is 2. The molecule has 2 aromatic carbocycles. The molecule has 6 heteroatoms. The zero-order valence-corrected chi connectivity index (χ0v) is 15.3. The monoisotopic (exact) mass is 364 g/mol. The molecule has 27 heavy (non-hydrogen) atoms. The minimum absolute atomic E-state index is 0.0355. The summed E-state index contributed by atoms with van der Waals surface area (Å²) in [6, 6.07) is 8.71. The number of hydrazone groups is 1. The number of phenols is 2. The standard InChI is InChI=1S/C21H20N2O4/c1-10-8-17-19(11(2)12(3)21(26)27-17)20(25)18(10)16-9-15(22-23-16)13-4-6-14(24)7-5-13/h4-8,15,22,24-25H,9H2,1-3H3/t15-/m1/s1. The highest BCUT2D eigenvalue weighted by atomic mass is 16.4. The number of rotatable bonds is 2. The van der Waals surface area contributed by atoms with Crippen molar-refractivity contribution in [2.75, 3.05) is 0 Å². The van der Waals surface area contributed by atoms with Crippen LogP contribution in [0.3, 0.4) is 0 Å². The number of fused-ring (bicyclic) bond motifs is 1. The van der Waals surface area contributed by atoms with Crippen LogP contribution in [-0.2, 0) is 0 Å². The molecule has 0 bridgehead atoms. The van der Waals surface area contributed by atoms with Gasteiger partial charge in [0.25, 0.3) is 0 Å². The minimum atomic E-state index is -0.390. The number of nitrogens with zero attached hydrogens (tertiary/aromatic N) is 1. The first-order valence-electron chi connectivity index (χ1n) is 8.74. The molecule has 0 unspecified atom stereocenters. The smallest absolute Gasteiger partial charge is 0.339 e. The van der Waals surface area contributed by atoms with E-state index in [4.69, 9.17) is 4.42 Å². The molecule has 0 spiro atoms. The maximum atomic E-state index is 11.9. The molecule has 3 aromatic rings. The van der Waals surface area contributed by atoms with Crippen LogP contribution in [0.5, 0.6) is 11.5 Å². The highest BCUT2D eigenvalue weighted by molar-refractivity contribution is 6.09. The Labute approximate surface area is 155 Å². The third-order valence-corrected chi connectivity index (χ3v) is 5.25. The molecule has 0 saturated heterocycles. The van der Waals surface area contributed by atoms with Crippen LogP contribution in [-0.4, -0.2) is 15.9 Å². The SMILES string of the molecule is Cc1cc2oc(=O)c(C)c(C)c2c(O)c1C1=NN[C@@H](c2ccc(O)cc2)C1. The Bertz CT molecular complexity index is 1140. The molecule has 0 saturated carbocycles. The Kier molecular flexibility index (Phi) is 3.91. The van der Waals surface area contributed by atoms with Crippen LogP contribution in [0.4, 0.5) is 0 Å². The first kappa shape index (κ1) is 17.1. The van der Waals surface area contributed by atoms with E-state index in [-0.39, 0.29) is 23.2 Å². The summed E-state index contributed by atoms with van der Waals surface area (Å²) in [6.45, 7) is 5.36. The number of aryl methyl sites for hydroxylation is 2. The second kappa shape index (κ2) is 6.16. The highest BCUT2D eigenvalue weighted by Gasteiger charge is 2.26. The van der Waals surface area contributed by atoms with E-state index in [0.29, 0.717) is 34.1 Å². The van der Waals surface area contributed by atoms with Crippen LogP contribution >= 0.6 is 0 Å². The average molecular weight is 364 g/mol. The molecule has 0 aliphatic carbocycles. The number of aromatic hydroxyl groups is 2. The number of hydrogen-bond acceptors (Lipinski definition) is 6. The largest absolute Gasteiger partial charge is 0.508 e. The van der Waals surface area contributed by atoms with Gasteiger partial charge in [-0.2, -0.15) is 5.10 Å². The Morgan fingerprint density at radius 2 is 1.81 bits per heavy atom. The summed E-state index contributed by atoms with van der Waals surface area (Å²) >= 11 is 0. The van der Waals surface area contributed by atoms with Gasteiger partial charge in [-0.05, 0) is 55.7 Å². The molecule has 0 fully saturated rings. The van der Waals surface area contributed by atoms with Crippen LogP contribution in [0, 0.1) is 20.8 Å². The van der Waals surface area contributed by atoms with E-state index in [1.165, 1.54) is 0 Å². The third-order valence-electron chi connectivity index (χ3n) is 5.25. The van der Waals surface area contributed by atoms with Crippen LogP contribution in [0.15, 0.2) is 44.6 Å². The second-order valence-corrected chi connectivity index (χ2v) is 6.97. The maximum absolute atomic E-state index is 11.9. The fourth-order valence-corrected chi connectivity index (χ4v) is 3.59. The summed E-state index contributed by atoms with van der Waals surface area (Å²) in [6.07, 6.45) is 0.597. The average Bonchev–Trinajstić information content (AvgIpc) is 3.09. The first-order valence-corrected chi connectivity index (χ1v) is 8.74. The van der Waals surface area contributed by atoms with Gasteiger partial charge in [-0.25, -0.2) is 4.79 Å². The van der Waals surface area contributed by atoms with Crippen molar-refractivity contribution in [1.82, 2.24) is 5.43 Å². The van der Waals surface area contributed by atoms with Crippen molar-refractivity contribution < 1.29 is 14.6 Å². The Hall–Kier alpha value is -3.28. The second-order valence-electron chi connectivity index (χ2n) is 6.97. The quantitative estimate of drug-likeness (QED) is 0.604. The van der Waals surface area contributed by atoms with Crippen molar-refractivity contribution in [2.24, 2.45) is 5.10 Å². The Morgan fingerprint density at radius 1 is 1.11 bits per heavy atom. The molecule has 2 heterocycles. The van der Waals surface area contributed by atoms with E-state index < -0.39 is 0 Å². The van der Waals surface area contributed by atoms with Gasteiger partial charge in [0.05, 0.1) is 17.1 Å². The lowest BCUT2D eigenvalue weighted by Crippen LogP contribution is -2.10. The molecule has 6 nitrogen and oxygen atoms in total. The summed E-state index contributed by atoms with van der Waals surface area (Å²) in [7, 11) is 0. The van der Waals surface area contributed by atoms with E-state index in [0.717, 1.165) is 16.8 Å². The van der Waals surface area contributed by atoms with Crippen molar-refractivity contribution in [2.45, 2.75) is 33.2 Å². The molecule has 1 atom stereocenters. The van der Waals surface area contributed by atoms with E-state index in [2.05, 4.69) is 10.5 Å². The molecule has 3 N–H and O–H groups in total. The number of hydrogen-bond donors (Lipinski definition) is 3. The lowest BCUT2D eigenvalue weighted by atomic mass is 9.93. The third kappa shape index (κ3) is 2.73. The van der Waals surface area contributed by atoms with Crippen molar-refractivity contribution in [3.63, 3.8) is 0 Å². The van der Waals surface area contributed by atoms with Crippen molar-refractivity contribution in [3.8, 4) is 11.5 Å². The van der Waals surface area contributed by atoms with E-state index in [9.17, 15) is 15.0 Å². The summed E-state index contributed by atoms with van der Waals surface area (Å²) in [5.74, 6) is 0.300. The molecule has 1 aliphatic heterocycles. The van der Waals surface area contributed by atoms with Gasteiger partial charge in [0, 0.05) is 17.5 Å². The minimum Gasteiger partial charge on any atom is -0.508 e. The van der Waals surface area contributed by atoms with Crippen LogP contribution in [0.25, 0.3) is 11.0 Å². The van der Waals surface area contributed by atoms with E-state index in [1.54, 1.807) is 32.0 Å². The van der Waals surface area contributed by atoms with Gasteiger partial charge in [-0.15, -0.1) is 0 Å². The first-order chi connectivity index (χ1) is 12.9. The lowest BCUT2D eigenvalue weighted by Gasteiger charge is -2.14. The van der Waals surface area contributed by atoms with Crippen LogP contribution < -0.4 is 11.1 Å². The number of phenolic OH excluding ortho intramolecular Hbond substituents is 2. The van der Waals surface area contributed by atoms with Gasteiger partial charge in [0.1, 0.15) is 17.1 Å². The Balaban J connectivity index is 1.78. The fourth-order valence-electron chi connectivity index (χ4n) is 3.59. The van der Waals surface area contributed by atoms with Crippen molar-refractivity contribution in [3.05, 3.63) is 68.6 Å². The molecule has 138 valence electrons. The zero-order valence-electron chi connectivity index (χ0n) is 15.3. The van der Waals surface area contributed by atoms with Crippen molar-refractivity contribution in [1.29, 1.82) is 0 Å². The van der Waals surface area contributed by atoms with E-state index >= 15 is 0 Å². The molecule has 1 aliphatic rings. The van der Waals surface area contributed by atoms with Gasteiger partial charge in [-0.1, -0.05) is 12.1 Å². The Morgan fingerprint density at radius 3 is 2.52 bits per heavy atom. The van der Waals surface area contributed by atoms with Crippen LogP contribution in [0.1, 0.15) is 40.3 Å². The lowest BCUT2D eigenvalue weighted by molar-refractivity contribution is 0.474. The molecule has 4 rings (SSSR count). The predicted molar refractivity (Wildman–Crippen MR) is 103 cm³/mol. The normalized spacial score (nSPS) is 16.4. The summed E-state index contributed by atoms with van der Waals surface area (Å²) in [5, 5.41) is 25.4. The highest BCUT2D eigenvalue weighted by Crippen LogP contribution is 2.37. The molecule has 0 amide bonds. The van der Waals surface area contributed by atoms with Gasteiger partial charge < -0.3 is 20.1 Å². The summed E-state index contributed by atoms with van der Waals surface area (Å²) in [5.41, 5.74) is 7.48. The molecular formula is C21H20N2O4. The summed E-state index contributed by atoms with van der Waals surface area (Å²) in [4.78, 5) is 11.9. The predicted octanol–water partition coefficient (Wildman–Crippen LogP) is 3.57. The van der Waals surface area contributed by atoms with Crippen molar-refractivity contribution >= 4 is 16.7 Å². The van der Waals surface area contributed by atoms with Gasteiger partial charge in [0.15, 0.2) is 0 Å². The molecule has 0 radical (unpaired) electrons.